The normalized spacial score (nSPS) is 10.6. The summed E-state index contributed by atoms with van der Waals surface area (Å²) in [5.41, 5.74) is 6.80. The fourth-order valence-electron chi connectivity index (χ4n) is 1.78. The lowest BCUT2D eigenvalue weighted by Gasteiger charge is -2.11. The maximum atomic E-state index is 11.5. The van der Waals surface area contributed by atoms with Crippen LogP contribution < -0.4 is 10.5 Å². The molecule has 0 atom stereocenters. The number of hydrogen-bond acceptors (Lipinski definition) is 5. The molecule has 2 aromatic rings. The van der Waals surface area contributed by atoms with Gasteiger partial charge in [-0.25, -0.2) is 9.78 Å². The van der Waals surface area contributed by atoms with Gasteiger partial charge >= 0.3 is 5.97 Å². The first-order chi connectivity index (χ1) is 9.52. The average molecular weight is 275 g/mol. The van der Waals surface area contributed by atoms with E-state index in [-0.39, 0.29) is 17.6 Å². The van der Waals surface area contributed by atoms with Gasteiger partial charge < -0.3 is 15.2 Å². The summed E-state index contributed by atoms with van der Waals surface area (Å²) < 4.78 is 11.8. The summed E-state index contributed by atoms with van der Waals surface area (Å²) in [6, 6.07) is 7.37. The van der Waals surface area contributed by atoms with E-state index in [1.165, 1.54) is 13.4 Å². The summed E-state index contributed by atoms with van der Waals surface area (Å²) in [5.74, 6) is 0.464. The van der Waals surface area contributed by atoms with Crippen molar-refractivity contribution >= 4 is 11.8 Å². The van der Waals surface area contributed by atoms with Crippen LogP contribution in [0.25, 0.3) is 5.69 Å². The summed E-state index contributed by atoms with van der Waals surface area (Å²) >= 11 is 0. The molecule has 0 aliphatic carbocycles. The first-order valence-electron chi connectivity index (χ1n) is 6.21. The molecule has 0 fully saturated rings. The summed E-state index contributed by atoms with van der Waals surface area (Å²) in [6.45, 7) is 3.93. The maximum Gasteiger partial charge on any atom is 0.360 e. The van der Waals surface area contributed by atoms with Gasteiger partial charge in [0.1, 0.15) is 17.9 Å². The highest BCUT2D eigenvalue weighted by molar-refractivity contribution is 5.92. The van der Waals surface area contributed by atoms with Gasteiger partial charge in [-0.1, -0.05) is 0 Å². The van der Waals surface area contributed by atoms with E-state index in [2.05, 4.69) is 9.72 Å². The van der Waals surface area contributed by atoms with E-state index in [1.54, 1.807) is 4.57 Å². The zero-order chi connectivity index (χ0) is 14.7. The molecule has 0 bridgehead atoms. The number of hydrogen-bond donors (Lipinski definition) is 1. The molecular weight excluding hydrogens is 258 g/mol. The van der Waals surface area contributed by atoms with E-state index < -0.39 is 5.97 Å². The van der Waals surface area contributed by atoms with Gasteiger partial charge in [0.2, 0.25) is 0 Å². The number of imidazole rings is 1. The molecule has 0 unspecified atom stereocenters. The van der Waals surface area contributed by atoms with Crippen molar-refractivity contribution in [2.24, 2.45) is 0 Å². The second kappa shape index (κ2) is 5.64. The highest BCUT2D eigenvalue weighted by atomic mass is 16.5. The lowest BCUT2D eigenvalue weighted by molar-refractivity contribution is 0.0596. The van der Waals surface area contributed by atoms with Crippen molar-refractivity contribution < 1.29 is 14.3 Å². The van der Waals surface area contributed by atoms with Gasteiger partial charge in [0.25, 0.3) is 0 Å². The smallest absolute Gasteiger partial charge is 0.360 e. The molecule has 0 saturated heterocycles. The van der Waals surface area contributed by atoms with Crippen molar-refractivity contribution in [2.75, 3.05) is 12.8 Å². The Morgan fingerprint density at radius 2 is 1.95 bits per heavy atom. The number of aromatic nitrogens is 2. The number of anilines is 1. The van der Waals surface area contributed by atoms with Crippen LogP contribution in [-0.4, -0.2) is 28.7 Å². The Labute approximate surface area is 117 Å². The van der Waals surface area contributed by atoms with E-state index in [0.717, 1.165) is 11.4 Å². The predicted molar refractivity (Wildman–Crippen MR) is 75.1 cm³/mol. The Morgan fingerprint density at radius 3 is 2.50 bits per heavy atom. The van der Waals surface area contributed by atoms with Gasteiger partial charge in [0, 0.05) is 5.69 Å². The second-order valence-corrected chi connectivity index (χ2v) is 4.50. The molecule has 2 N–H and O–H groups in total. The molecule has 0 saturated carbocycles. The Kier molecular flexibility index (Phi) is 3.93. The SMILES string of the molecule is COC(=O)c1ncn(-c2ccc(OC(C)C)cc2)c1N. The van der Waals surface area contributed by atoms with Gasteiger partial charge in [-0.3, -0.25) is 4.57 Å². The Balaban J connectivity index is 2.28. The second-order valence-electron chi connectivity index (χ2n) is 4.50. The molecule has 6 nitrogen and oxygen atoms in total. The summed E-state index contributed by atoms with van der Waals surface area (Å²) in [6.07, 6.45) is 1.60. The molecular formula is C14H17N3O3. The van der Waals surface area contributed by atoms with Crippen molar-refractivity contribution in [1.29, 1.82) is 0 Å². The minimum Gasteiger partial charge on any atom is -0.491 e. The van der Waals surface area contributed by atoms with Crippen molar-refractivity contribution in [3.8, 4) is 11.4 Å². The number of rotatable bonds is 4. The molecule has 2 rings (SSSR count). The topological polar surface area (TPSA) is 79.4 Å². The third-order valence-electron chi connectivity index (χ3n) is 2.67. The van der Waals surface area contributed by atoms with Crippen LogP contribution in [0.1, 0.15) is 24.3 Å². The molecule has 1 aromatic carbocycles. The minimum absolute atomic E-state index is 0.106. The predicted octanol–water partition coefficient (Wildman–Crippen LogP) is 2.03. The highest BCUT2D eigenvalue weighted by Crippen LogP contribution is 2.21. The molecule has 6 heteroatoms. The van der Waals surface area contributed by atoms with Gasteiger partial charge in [-0.15, -0.1) is 0 Å². The van der Waals surface area contributed by atoms with Crippen molar-refractivity contribution in [1.82, 2.24) is 9.55 Å². The summed E-state index contributed by atoms with van der Waals surface area (Å²) in [7, 11) is 1.29. The van der Waals surface area contributed by atoms with Gasteiger partial charge in [-0.05, 0) is 38.1 Å². The molecule has 20 heavy (non-hydrogen) atoms. The Hall–Kier alpha value is -2.50. The van der Waals surface area contributed by atoms with Gasteiger partial charge in [0.05, 0.1) is 13.2 Å². The number of nitrogen functional groups attached to an aromatic ring is 1. The quantitative estimate of drug-likeness (QED) is 0.864. The molecule has 0 aliphatic rings. The van der Waals surface area contributed by atoms with Crippen molar-refractivity contribution in [2.45, 2.75) is 20.0 Å². The van der Waals surface area contributed by atoms with E-state index in [1.807, 2.05) is 38.1 Å². The molecule has 0 amide bonds. The first kappa shape index (κ1) is 13.9. The molecule has 0 aliphatic heterocycles. The van der Waals surface area contributed by atoms with E-state index in [0.29, 0.717) is 0 Å². The minimum atomic E-state index is -0.555. The largest absolute Gasteiger partial charge is 0.491 e. The highest BCUT2D eigenvalue weighted by Gasteiger charge is 2.16. The lowest BCUT2D eigenvalue weighted by Crippen LogP contribution is -2.08. The summed E-state index contributed by atoms with van der Waals surface area (Å²) in [4.78, 5) is 15.4. The number of benzene rings is 1. The number of ether oxygens (including phenoxy) is 2. The fourth-order valence-corrected chi connectivity index (χ4v) is 1.78. The number of esters is 1. The van der Waals surface area contributed by atoms with E-state index in [4.69, 9.17) is 10.5 Å². The first-order valence-corrected chi connectivity index (χ1v) is 6.21. The number of methoxy groups -OCH3 is 1. The van der Waals surface area contributed by atoms with E-state index in [9.17, 15) is 4.79 Å². The third kappa shape index (κ3) is 2.74. The number of carbonyl (C=O) groups is 1. The zero-order valence-corrected chi connectivity index (χ0v) is 11.7. The number of nitrogens with zero attached hydrogens (tertiary/aromatic N) is 2. The lowest BCUT2D eigenvalue weighted by atomic mass is 10.3. The monoisotopic (exact) mass is 275 g/mol. The van der Waals surface area contributed by atoms with Crippen LogP contribution >= 0.6 is 0 Å². The average Bonchev–Trinajstić information content (AvgIpc) is 2.80. The Bertz CT molecular complexity index is 603. The van der Waals surface area contributed by atoms with Crippen LogP contribution in [0.15, 0.2) is 30.6 Å². The molecule has 1 aromatic heterocycles. The fraction of sp³-hybridized carbons (Fsp3) is 0.286. The Morgan fingerprint density at radius 1 is 1.30 bits per heavy atom. The van der Waals surface area contributed by atoms with E-state index >= 15 is 0 Å². The zero-order valence-electron chi connectivity index (χ0n) is 11.7. The van der Waals surface area contributed by atoms with Crippen LogP contribution in [-0.2, 0) is 4.74 Å². The standard InChI is InChI=1S/C14H17N3O3/c1-9(2)20-11-6-4-10(5-7-11)17-8-16-12(13(17)15)14(18)19-3/h4-9H,15H2,1-3H3. The maximum absolute atomic E-state index is 11.5. The summed E-state index contributed by atoms with van der Waals surface area (Å²) in [5, 5.41) is 0. The van der Waals surface area contributed by atoms with Crippen molar-refractivity contribution in [3.05, 3.63) is 36.3 Å². The molecule has 0 radical (unpaired) electrons. The third-order valence-corrected chi connectivity index (χ3v) is 2.67. The van der Waals surface area contributed by atoms with Crippen LogP contribution in [0, 0.1) is 0 Å². The molecule has 0 spiro atoms. The number of carbonyl (C=O) groups excluding carboxylic acids is 1. The molecule has 106 valence electrons. The molecule has 1 heterocycles. The van der Waals surface area contributed by atoms with Crippen LogP contribution in [0.2, 0.25) is 0 Å². The van der Waals surface area contributed by atoms with Gasteiger partial charge in [-0.2, -0.15) is 0 Å². The van der Waals surface area contributed by atoms with Crippen LogP contribution in [0.3, 0.4) is 0 Å². The van der Waals surface area contributed by atoms with Crippen LogP contribution in [0.4, 0.5) is 5.82 Å². The van der Waals surface area contributed by atoms with Crippen molar-refractivity contribution in [3.63, 3.8) is 0 Å². The van der Waals surface area contributed by atoms with Crippen LogP contribution in [0.5, 0.6) is 5.75 Å². The van der Waals surface area contributed by atoms with Gasteiger partial charge in [0.15, 0.2) is 5.69 Å². The number of nitrogens with two attached hydrogens (primary N) is 1.